The second-order valence-electron chi connectivity index (χ2n) is 3.79. The maximum atomic E-state index is 11.2. The molecule has 16 heavy (non-hydrogen) atoms. The normalized spacial score (nSPS) is 12.8. The largest absolute Gasteiger partial charge is 0.469 e. The molecule has 1 atom stereocenters. The Bertz CT molecular complexity index is 187. The van der Waals surface area contributed by atoms with Crippen LogP contribution in [0.5, 0.6) is 0 Å². The highest BCUT2D eigenvalue weighted by molar-refractivity contribution is 5.71. The van der Waals surface area contributed by atoms with Crippen LogP contribution < -0.4 is 0 Å². The van der Waals surface area contributed by atoms with Crippen molar-refractivity contribution in [2.75, 3.05) is 54.2 Å². The topological polar surface area (TPSA) is 48.0 Å². The van der Waals surface area contributed by atoms with E-state index in [0.29, 0.717) is 26.4 Å². The van der Waals surface area contributed by atoms with Crippen molar-refractivity contribution in [3.63, 3.8) is 0 Å². The lowest BCUT2D eigenvalue weighted by atomic mass is 10.2. The van der Waals surface area contributed by atoms with Gasteiger partial charge >= 0.3 is 5.97 Å². The average molecular weight is 233 g/mol. The Hall–Kier alpha value is -0.650. The SMILES string of the molecule is COCCOCCN(C)CC(C)C(=O)OC. The monoisotopic (exact) mass is 233 g/mol. The first-order chi connectivity index (χ1) is 7.61. The van der Waals surface area contributed by atoms with Crippen LogP contribution in [0.4, 0.5) is 0 Å². The summed E-state index contributed by atoms with van der Waals surface area (Å²) >= 11 is 0. The number of nitrogens with zero attached hydrogens (tertiary/aromatic N) is 1. The molecule has 0 rings (SSSR count). The van der Waals surface area contributed by atoms with E-state index in [1.807, 2.05) is 18.9 Å². The first-order valence-corrected chi connectivity index (χ1v) is 5.44. The predicted octanol–water partition coefficient (Wildman–Crippen LogP) is 0.390. The van der Waals surface area contributed by atoms with Crippen LogP contribution in [0.1, 0.15) is 6.92 Å². The molecule has 0 saturated carbocycles. The first kappa shape index (κ1) is 15.3. The molecule has 0 N–H and O–H groups in total. The number of likely N-dealkylation sites (N-methyl/N-ethyl adjacent to an activating group) is 1. The van der Waals surface area contributed by atoms with Crippen molar-refractivity contribution in [3.8, 4) is 0 Å². The number of carbonyl (C=O) groups is 1. The number of rotatable bonds is 9. The minimum absolute atomic E-state index is 0.103. The third kappa shape index (κ3) is 7.62. The number of carbonyl (C=O) groups excluding carboxylic acids is 1. The van der Waals surface area contributed by atoms with Crippen LogP contribution in [0.3, 0.4) is 0 Å². The standard InChI is InChI=1S/C11H23NO4/c1-10(11(13)15-4)9-12(2)5-6-16-8-7-14-3/h10H,5-9H2,1-4H3. The fourth-order valence-electron chi connectivity index (χ4n) is 1.30. The van der Waals surface area contributed by atoms with E-state index in [2.05, 4.69) is 4.74 Å². The van der Waals surface area contributed by atoms with Gasteiger partial charge in [0.1, 0.15) is 0 Å². The van der Waals surface area contributed by atoms with Gasteiger partial charge in [0, 0.05) is 20.2 Å². The van der Waals surface area contributed by atoms with E-state index in [1.165, 1.54) is 7.11 Å². The van der Waals surface area contributed by atoms with Crippen molar-refractivity contribution in [1.29, 1.82) is 0 Å². The summed E-state index contributed by atoms with van der Waals surface area (Å²) in [4.78, 5) is 13.2. The Balaban J connectivity index is 3.50. The summed E-state index contributed by atoms with van der Waals surface area (Å²) < 4.78 is 14.8. The van der Waals surface area contributed by atoms with Gasteiger partial charge in [-0.05, 0) is 7.05 Å². The molecule has 0 radical (unpaired) electrons. The van der Waals surface area contributed by atoms with Crippen molar-refractivity contribution < 1.29 is 19.0 Å². The third-order valence-corrected chi connectivity index (χ3v) is 2.24. The van der Waals surface area contributed by atoms with Crippen LogP contribution in [-0.4, -0.2) is 65.0 Å². The Morgan fingerprint density at radius 1 is 1.25 bits per heavy atom. The van der Waals surface area contributed by atoms with Crippen molar-refractivity contribution in [3.05, 3.63) is 0 Å². The van der Waals surface area contributed by atoms with Crippen molar-refractivity contribution in [2.45, 2.75) is 6.92 Å². The maximum absolute atomic E-state index is 11.2. The van der Waals surface area contributed by atoms with Crippen LogP contribution >= 0.6 is 0 Å². The average Bonchev–Trinajstić information content (AvgIpc) is 2.27. The number of methoxy groups -OCH3 is 2. The van der Waals surface area contributed by atoms with Gasteiger partial charge in [-0.1, -0.05) is 6.92 Å². The quantitative estimate of drug-likeness (QED) is 0.426. The molecule has 0 fully saturated rings. The molecule has 1 unspecified atom stereocenters. The summed E-state index contributed by atoms with van der Waals surface area (Å²) in [7, 11) is 5.01. The molecule has 5 heteroatoms. The molecule has 0 saturated heterocycles. The van der Waals surface area contributed by atoms with Crippen LogP contribution in [-0.2, 0) is 19.0 Å². The summed E-state index contributed by atoms with van der Waals surface area (Å²) in [5, 5.41) is 0. The van der Waals surface area contributed by atoms with Gasteiger partial charge in [0.15, 0.2) is 0 Å². The Labute approximate surface area is 97.7 Å². The zero-order valence-corrected chi connectivity index (χ0v) is 10.7. The molecule has 96 valence electrons. The fourth-order valence-corrected chi connectivity index (χ4v) is 1.30. The molecular formula is C11H23NO4. The van der Waals surface area contributed by atoms with Gasteiger partial charge in [0.2, 0.25) is 0 Å². The number of hydrogen-bond acceptors (Lipinski definition) is 5. The summed E-state index contributed by atoms with van der Waals surface area (Å²) in [6.45, 7) is 5.20. The van der Waals surface area contributed by atoms with Gasteiger partial charge in [-0.3, -0.25) is 4.79 Å². The van der Waals surface area contributed by atoms with Crippen LogP contribution in [0.25, 0.3) is 0 Å². The van der Waals surface area contributed by atoms with Crippen molar-refractivity contribution in [2.24, 2.45) is 5.92 Å². The number of ether oxygens (including phenoxy) is 3. The fraction of sp³-hybridized carbons (Fsp3) is 0.909. The highest BCUT2D eigenvalue weighted by atomic mass is 16.5. The second-order valence-corrected chi connectivity index (χ2v) is 3.79. The molecule has 0 heterocycles. The molecule has 0 aliphatic heterocycles. The zero-order valence-electron chi connectivity index (χ0n) is 10.7. The van der Waals surface area contributed by atoms with Gasteiger partial charge < -0.3 is 19.1 Å². The van der Waals surface area contributed by atoms with Gasteiger partial charge in [0.05, 0.1) is 32.8 Å². The van der Waals surface area contributed by atoms with Crippen molar-refractivity contribution >= 4 is 5.97 Å². The lowest BCUT2D eigenvalue weighted by Crippen LogP contribution is -2.32. The second kappa shape index (κ2) is 9.57. The molecule has 0 amide bonds. The Morgan fingerprint density at radius 3 is 2.50 bits per heavy atom. The zero-order chi connectivity index (χ0) is 12.4. The van der Waals surface area contributed by atoms with E-state index in [4.69, 9.17) is 9.47 Å². The smallest absolute Gasteiger partial charge is 0.309 e. The van der Waals surface area contributed by atoms with E-state index in [-0.39, 0.29) is 11.9 Å². The minimum Gasteiger partial charge on any atom is -0.469 e. The highest BCUT2D eigenvalue weighted by Crippen LogP contribution is 2.00. The van der Waals surface area contributed by atoms with E-state index in [0.717, 1.165) is 6.54 Å². The van der Waals surface area contributed by atoms with E-state index in [1.54, 1.807) is 7.11 Å². The van der Waals surface area contributed by atoms with E-state index >= 15 is 0 Å². The third-order valence-electron chi connectivity index (χ3n) is 2.24. The Morgan fingerprint density at radius 2 is 1.94 bits per heavy atom. The molecular weight excluding hydrogens is 210 g/mol. The van der Waals surface area contributed by atoms with E-state index < -0.39 is 0 Å². The summed E-state index contributed by atoms with van der Waals surface area (Å²) in [5.41, 5.74) is 0. The maximum Gasteiger partial charge on any atom is 0.309 e. The van der Waals surface area contributed by atoms with Crippen molar-refractivity contribution in [1.82, 2.24) is 4.90 Å². The molecule has 0 aromatic carbocycles. The molecule has 0 aromatic heterocycles. The van der Waals surface area contributed by atoms with Crippen LogP contribution in [0.15, 0.2) is 0 Å². The minimum atomic E-state index is -0.174. The number of hydrogen-bond donors (Lipinski definition) is 0. The van der Waals surface area contributed by atoms with E-state index in [9.17, 15) is 4.79 Å². The molecule has 0 aliphatic rings. The predicted molar refractivity (Wildman–Crippen MR) is 61.4 cm³/mol. The molecule has 0 aliphatic carbocycles. The lowest BCUT2D eigenvalue weighted by Gasteiger charge is -2.19. The van der Waals surface area contributed by atoms with Crippen LogP contribution in [0.2, 0.25) is 0 Å². The van der Waals surface area contributed by atoms with Gasteiger partial charge in [-0.15, -0.1) is 0 Å². The molecule has 0 spiro atoms. The van der Waals surface area contributed by atoms with Gasteiger partial charge in [0.25, 0.3) is 0 Å². The first-order valence-electron chi connectivity index (χ1n) is 5.44. The molecule has 5 nitrogen and oxygen atoms in total. The summed E-state index contributed by atoms with van der Waals surface area (Å²) in [6.07, 6.45) is 0. The van der Waals surface area contributed by atoms with Gasteiger partial charge in [-0.25, -0.2) is 0 Å². The summed E-state index contributed by atoms with van der Waals surface area (Å²) in [6, 6.07) is 0. The molecule has 0 aromatic rings. The van der Waals surface area contributed by atoms with Gasteiger partial charge in [-0.2, -0.15) is 0 Å². The molecule has 0 bridgehead atoms. The number of esters is 1. The highest BCUT2D eigenvalue weighted by Gasteiger charge is 2.14. The lowest BCUT2D eigenvalue weighted by molar-refractivity contribution is -0.145. The van der Waals surface area contributed by atoms with Crippen LogP contribution in [0, 0.1) is 5.92 Å². The Kier molecular flexibility index (Phi) is 9.18. The summed E-state index contributed by atoms with van der Waals surface area (Å²) in [5.74, 6) is -0.277.